The third-order valence-corrected chi connectivity index (χ3v) is 4.03. The Hall–Kier alpha value is -3.39. The van der Waals surface area contributed by atoms with E-state index >= 15 is 0 Å². The molecule has 29 heavy (non-hydrogen) atoms. The van der Waals surface area contributed by atoms with Gasteiger partial charge in [-0.05, 0) is 31.5 Å². The SMILES string of the molecule is CCOc1cc(/C=N/Nc2nnc(-c3ccccc3)c(=O)[nH]2)cc(Cl)c1OCC. The summed E-state index contributed by atoms with van der Waals surface area (Å²) in [5, 5.41) is 12.4. The number of nitrogens with zero attached hydrogens (tertiary/aromatic N) is 3. The maximum Gasteiger partial charge on any atom is 0.279 e. The van der Waals surface area contributed by atoms with E-state index in [0.717, 1.165) is 0 Å². The Labute approximate surface area is 172 Å². The number of hydrazone groups is 1. The van der Waals surface area contributed by atoms with Crippen LogP contribution in [0.3, 0.4) is 0 Å². The molecule has 0 amide bonds. The number of ether oxygens (including phenoxy) is 2. The molecule has 0 aliphatic heterocycles. The highest BCUT2D eigenvalue weighted by Gasteiger charge is 2.11. The Balaban J connectivity index is 1.76. The third kappa shape index (κ3) is 5.11. The van der Waals surface area contributed by atoms with Crippen LogP contribution in [0.4, 0.5) is 5.95 Å². The van der Waals surface area contributed by atoms with Crippen molar-refractivity contribution >= 4 is 23.8 Å². The molecule has 0 saturated heterocycles. The lowest BCUT2D eigenvalue weighted by Crippen LogP contribution is -2.15. The van der Waals surface area contributed by atoms with Crippen molar-refractivity contribution in [3.05, 3.63) is 63.4 Å². The summed E-state index contributed by atoms with van der Waals surface area (Å²) in [5.41, 5.74) is 3.89. The molecule has 3 rings (SSSR count). The molecule has 0 atom stereocenters. The number of rotatable bonds is 8. The summed E-state index contributed by atoms with van der Waals surface area (Å²) in [7, 11) is 0. The van der Waals surface area contributed by atoms with Crippen LogP contribution in [0.5, 0.6) is 11.5 Å². The predicted molar refractivity (Wildman–Crippen MR) is 113 cm³/mol. The molecule has 2 N–H and O–H groups in total. The zero-order valence-corrected chi connectivity index (χ0v) is 16.7. The summed E-state index contributed by atoms with van der Waals surface area (Å²) in [6.07, 6.45) is 1.52. The summed E-state index contributed by atoms with van der Waals surface area (Å²) in [5.74, 6) is 1.14. The first-order valence-electron chi connectivity index (χ1n) is 9.03. The molecule has 0 aliphatic rings. The zero-order chi connectivity index (χ0) is 20.6. The molecule has 0 bridgehead atoms. The van der Waals surface area contributed by atoms with Gasteiger partial charge < -0.3 is 9.47 Å². The van der Waals surface area contributed by atoms with Gasteiger partial charge in [-0.15, -0.1) is 10.2 Å². The highest BCUT2D eigenvalue weighted by molar-refractivity contribution is 6.32. The van der Waals surface area contributed by atoms with Crippen molar-refractivity contribution in [2.45, 2.75) is 13.8 Å². The van der Waals surface area contributed by atoms with Crippen LogP contribution < -0.4 is 20.5 Å². The average Bonchev–Trinajstić information content (AvgIpc) is 2.71. The van der Waals surface area contributed by atoms with E-state index in [1.54, 1.807) is 24.3 Å². The maximum atomic E-state index is 12.2. The summed E-state index contributed by atoms with van der Waals surface area (Å²) in [4.78, 5) is 14.8. The van der Waals surface area contributed by atoms with Crippen molar-refractivity contribution in [1.82, 2.24) is 15.2 Å². The quantitative estimate of drug-likeness (QED) is 0.431. The first-order chi connectivity index (χ1) is 14.1. The lowest BCUT2D eigenvalue weighted by molar-refractivity contribution is 0.288. The molecule has 150 valence electrons. The number of halogens is 1. The number of anilines is 1. The van der Waals surface area contributed by atoms with E-state index in [4.69, 9.17) is 21.1 Å². The van der Waals surface area contributed by atoms with Gasteiger partial charge in [0.25, 0.3) is 5.56 Å². The molecule has 9 heteroatoms. The molecule has 0 fully saturated rings. The minimum absolute atomic E-state index is 0.119. The summed E-state index contributed by atoms with van der Waals surface area (Å²) >= 11 is 6.28. The van der Waals surface area contributed by atoms with Crippen molar-refractivity contribution < 1.29 is 9.47 Å². The van der Waals surface area contributed by atoms with Gasteiger partial charge in [-0.25, -0.2) is 5.43 Å². The number of aromatic nitrogens is 3. The van der Waals surface area contributed by atoms with Crippen molar-refractivity contribution in [3.8, 4) is 22.8 Å². The number of aromatic amines is 1. The van der Waals surface area contributed by atoms with E-state index in [2.05, 4.69) is 25.7 Å². The van der Waals surface area contributed by atoms with Gasteiger partial charge in [0.15, 0.2) is 17.2 Å². The molecular formula is C20H20ClN5O3. The van der Waals surface area contributed by atoms with Crippen LogP contribution in [0.2, 0.25) is 5.02 Å². The average molecular weight is 414 g/mol. The molecular weight excluding hydrogens is 394 g/mol. The van der Waals surface area contributed by atoms with Gasteiger partial charge in [-0.3, -0.25) is 9.78 Å². The maximum absolute atomic E-state index is 12.2. The van der Waals surface area contributed by atoms with E-state index in [-0.39, 0.29) is 17.2 Å². The van der Waals surface area contributed by atoms with E-state index in [1.807, 2.05) is 32.0 Å². The number of nitrogens with one attached hydrogen (secondary N) is 2. The highest BCUT2D eigenvalue weighted by atomic mass is 35.5. The molecule has 0 unspecified atom stereocenters. The predicted octanol–water partition coefficient (Wildman–Crippen LogP) is 3.73. The minimum atomic E-state index is -0.369. The second-order valence-electron chi connectivity index (χ2n) is 5.78. The Morgan fingerprint density at radius 2 is 1.90 bits per heavy atom. The second-order valence-corrected chi connectivity index (χ2v) is 6.19. The van der Waals surface area contributed by atoms with Gasteiger partial charge >= 0.3 is 0 Å². The van der Waals surface area contributed by atoms with Crippen LogP contribution in [0.25, 0.3) is 11.3 Å². The van der Waals surface area contributed by atoms with Gasteiger partial charge in [0.2, 0.25) is 5.95 Å². The fraction of sp³-hybridized carbons (Fsp3) is 0.200. The smallest absolute Gasteiger partial charge is 0.279 e. The summed E-state index contributed by atoms with van der Waals surface area (Å²) in [6.45, 7) is 4.69. The van der Waals surface area contributed by atoms with Crippen molar-refractivity contribution in [2.24, 2.45) is 5.10 Å². The standard InChI is InChI=1S/C20H20ClN5O3/c1-3-28-16-11-13(10-15(21)18(16)29-4-2)12-22-25-20-23-19(27)17(24-26-20)14-8-6-5-7-9-14/h5-12H,3-4H2,1-2H3,(H2,23,25,26,27)/b22-12+. The van der Waals surface area contributed by atoms with Crippen LogP contribution in [-0.2, 0) is 0 Å². The minimum Gasteiger partial charge on any atom is -0.490 e. The van der Waals surface area contributed by atoms with Crippen molar-refractivity contribution in [1.29, 1.82) is 0 Å². The lowest BCUT2D eigenvalue weighted by atomic mass is 10.2. The van der Waals surface area contributed by atoms with Crippen molar-refractivity contribution in [2.75, 3.05) is 18.6 Å². The van der Waals surface area contributed by atoms with Crippen LogP contribution in [-0.4, -0.2) is 34.6 Å². The first kappa shape index (κ1) is 20.3. The van der Waals surface area contributed by atoms with Gasteiger partial charge in [0.05, 0.1) is 24.5 Å². The number of benzene rings is 2. The third-order valence-electron chi connectivity index (χ3n) is 3.75. The van der Waals surface area contributed by atoms with E-state index < -0.39 is 0 Å². The Morgan fingerprint density at radius 3 is 2.59 bits per heavy atom. The van der Waals surface area contributed by atoms with Gasteiger partial charge in [-0.1, -0.05) is 41.9 Å². The number of H-pyrrole nitrogens is 1. The van der Waals surface area contributed by atoms with Crippen LogP contribution >= 0.6 is 11.6 Å². The highest BCUT2D eigenvalue weighted by Crippen LogP contribution is 2.36. The normalized spacial score (nSPS) is 10.9. The molecule has 0 aliphatic carbocycles. The Kier molecular flexibility index (Phi) is 6.80. The van der Waals surface area contributed by atoms with E-state index in [1.165, 1.54) is 6.21 Å². The lowest BCUT2D eigenvalue weighted by Gasteiger charge is -2.13. The molecule has 1 aromatic heterocycles. The molecule has 8 nitrogen and oxygen atoms in total. The molecule has 3 aromatic rings. The molecule has 2 aromatic carbocycles. The summed E-state index contributed by atoms with van der Waals surface area (Å²) in [6, 6.07) is 12.6. The monoisotopic (exact) mass is 413 g/mol. The second kappa shape index (κ2) is 9.70. The fourth-order valence-corrected chi connectivity index (χ4v) is 2.82. The van der Waals surface area contributed by atoms with E-state index in [9.17, 15) is 4.79 Å². The van der Waals surface area contributed by atoms with Crippen LogP contribution in [0, 0.1) is 0 Å². The molecule has 0 saturated carbocycles. The topological polar surface area (TPSA) is 101 Å². The Bertz CT molecular complexity index is 1050. The van der Waals surface area contributed by atoms with Crippen LogP contribution in [0.1, 0.15) is 19.4 Å². The number of hydrogen-bond acceptors (Lipinski definition) is 7. The summed E-state index contributed by atoms with van der Waals surface area (Å²) < 4.78 is 11.1. The fourth-order valence-electron chi connectivity index (χ4n) is 2.55. The molecule has 0 spiro atoms. The zero-order valence-electron chi connectivity index (χ0n) is 16.0. The van der Waals surface area contributed by atoms with Gasteiger partial charge in [0, 0.05) is 5.56 Å². The van der Waals surface area contributed by atoms with Gasteiger partial charge in [-0.2, -0.15) is 5.10 Å². The van der Waals surface area contributed by atoms with E-state index in [0.29, 0.717) is 40.9 Å². The Morgan fingerprint density at radius 1 is 1.14 bits per heavy atom. The largest absolute Gasteiger partial charge is 0.490 e. The van der Waals surface area contributed by atoms with Crippen LogP contribution in [0.15, 0.2) is 52.4 Å². The molecule has 1 heterocycles. The van der Waals surface area contributed by atoms with Gasteiger partial charge in [0.1, 0.15) is 0 Å². The molecule has 0 radical (unpaired) electrons. The number of hydrogen-bond donors (Lipinski definition) is 2. The first-order valence-corrected chi connectivity index (χ1v) is 9.40. The van der Waals surface area contributed by atoms with Crippen molar-refractivity contribution in [3.63, 3.8) is 0 Å².